The van der Waals surface area contributed by atoms with Crippen molar-refractivity contribution in [2.75, 3.05) is 18.0 Å². The molecule has 3 rings (SSSR count). The maximum absolute atomic E-state index is 5.89. The highest BCUT2D eigenvalue weighted by atomic mass is 15.4. The van der Waals surface area contributed by atoms with Crippen LogP contribution in [0, 0.1) is 6.92 Å². The maximum atomic E-state index is 5.89. The van der Waals surface area contributed by atoms with Gasteiger partial charge in [0, 0.05) is 24.8 Å². The summed E-state index contributed by atoms with van der Waals surface area (Å²) in [5.74, 6) is 1.50. The number of piperidine rings is 1. The zero-order valence-corrected chi connectivity index (χ0v) is 10.3. The first-order chi connectivity index (χ1) is 8.74. The monoisotopic (exact) mass is 247 g/mol. The third-order valence-corrected chi connectivity index (χ3v) is 3.38. The molecule has 96 valence electrons. The minimum absolute atomic E-state index is 0.316. The molecule has 0 bridgehead atoms. The summed E-state index contributed by atoms with van der Waals surface area (Å²) in [7, 11) is 0. The van der Waals surface area contributed by atoms with Crippen LogP contribution in [0.3, 0.4) is 0 Å². The summed E-state index contributed by atoms with van der Waals surface area (Å²) in [4.78, 5) is 6.69. The molecular weight excluding hydrogens is 230 g/mol. The van der Waals surface area contributed by atoms with Crippen LogP contribution in [0.2, 0.25) is 0 Å². The lowest BCUT2D eigenvalue weighted by Gasteiger charge is -2.28. The summed E-state index contributed by atoms with van der Waals surface area (Å²) in [6.07, 6.45) is 3.75. The second-order valence-corrected chi connectivity index (χ2v) is 4.72. The fraction of sp³-hybridized carbons (Fsp3) is 0.545. The zero-order valence-electron chi connectivity index (χ0n) is 10.3. The van der Waals surface area contributed by atoms with E-state index in [-0.39, 0.29) is 0 Å². The molecule has 18 heavy (non-hydrogen) atoms. The van der Waals surface area contributed by atoms with E-state index in [4.69, 9.17) is 5.73 Å². The van der Waals surface area contributed by atoms with Gasteiger partial charge in [0.2, 0.25) is 5.95 Å². The number of H-pyrrole nitrogens is 2. The van der Waals surface area contributed by atoms with Crippen LogP contribution in [-0.4, -0.2) is 44.5 Å². The van der Waals surface area contributed by atoms with Crippen LogP contribution in [0.4, 0.5) is 5.95 Å². The lowest BCUT2D eigenvalue weighted by Crippen LogP contribution is -2.40. The standard InChI is InChI=1S/C11H17N7/c1-7-9(6-13-15-7)10-14-11(17-16-10)18-4-2-8(12)3-5-18/h6,8H,2-5,12H2,1H3,(H,13,15)(H,14,16,17). The zero-order chi connectivity index (χ0) is 12.5. The van der Waals surface area contributed by atoms with E-state index in [1.54, 1.807) is 6.20 Å². The summed E-state index contributed by atoms with van der Waals surface area (Å²) in [5, 5.41) is 14.1. The van der Waals surface area contributed by atoms with Crippen molar-refractivity contribution in [3.05, 3.63) is 11.9 Å². The SMILES string of the molecule is Cc1[nH]ncc1-c1nc(N2CCC(N)CC2)n[nH]1. The van der Waals surface area contributed by atoms with Gasteiger partial charge in [-0.3, -0.25) is 10.2 Å². The van der Waals surface area contributed by atoms with Crippen molar-refractivity contribution in [3.8, 4) is 11.4 Å². The average molecular weight is 247 g/mol. The van der Waals surface area contributed by atoms with Crippen LogP contribution < -0.4 is 10.6 Å². The lowest BCUT2D eigenvalue weighted by molar-refractivity contribution is 0.496. The summed E-state index contributed by atoms with van der Waals surface area (Å²) in [6.45, 7) is 3.80. The van der Waals surface area contributed by atoms with E-state index in [2.05, 4.69) is 30.3 Å². The number of hydrogen-bond acceptors (Lipinski definition) is 5. The van der Waals surface area contributed by atoms with Gasteiger partial charge >= 0.3 is 0 Å². The van der Waals surface area contributed by atoms with Crippen molar-refractivity contribution < 1.29 is 0 Å². The second kappa shape index (κ2) is 4.41. The van der Waals surface area contributed by atoms with E-state index in [0.29, 0.717) is 6.04 Å². The van der Waals surface area contributed by atoms with Gasteiger partial charge in [0.25, 0.3) is 0 Å². The van der Waals surface area contributed by atoms with Crippen LogP contribution in [0.5, 0.6) is 0 Å². The number of aromatic amines is 2. The summed E-state index contributed by atoms with van der Waals surface area (Å²) >= 11 is 0. The van der Waals surface area contributed by atoms with E-state index in [9.17, 15) is 0 Å². The van der Waals surface area contributed by atoms with Crippen molar-refractivity contribution in [1.29, 1.82) is 0 Å². The van der Waals surface area contributed by atoms with E-state index in [0.717, 1.165) is 49.0 Å². The summed E-state index contributed by atoms with van der Waals surface area (Å²) in [6, 6.07) is 0.316. The molecule has 0 spiro atoms. The van der Waals surface area contributed by atoms with E-state index < -0.39 is 0 Å². The summed E-state index contributed by atoms with van der Waals surface area (Å²) in [5.41, 5.74) is 7.83. The van der Waals surface area contributed by atoms with Gasteiger partial charge in [-0.15, -0.1) is 5.10 Å². The number of nitrogens with one attached hydrogen (secondary N) is 2. The molecule has 0 atom stereocenters. The molecule has 2 aromatic rings. The molecule has 3 heterocycles. The first-order valence-corrected chi connectivity index (χ1v) is 6.17. The van der Waals surface area contributed by atoms with Crippen LogP contribution in [0.1, 0.15) is 18.5 Å². The Morgan fingerprint density at radius 1 is 1.33 bits per heavy atom. The molecule has 0 amide bonds. The van der Waals surface area contributed by atoms with Gasteiger partial charge in [-0.05, 0) is 19.8 Å². The van der Waals surface area contributed by atoms with E-state index in [1.165, 1.54) is 0 Å². The second-order valence-electron chi connectivity index (χ2n) is 4.72. The Labute approximate surface area is 105 Å². The number of aromatic nitrogens is 5. The van der Waals surface area contributed by atoms with Gasteiger partial charge in [0.1, 0.15) is 0 Å². The van der Waals surface area contributed by atoms with Crippen molar-refractivity contribution in [2.24, 2.45) is 5.73 Å². The first kappa shape index (κ1) is 11.2. The van der Waals surface area contributed by atoms with Gasteiger partial charge in [-0.1, -0.05) is 0 Å². The Hall–Kier alpha value is -1.89. The molecule has 1 saturated heterocycles. The summed E-state index contributed by atoms with van der Waals surface area (Å²) < 4.78 is 0. The van der Waals surface area contributed by atoms with Gasteiger partial charge in [-0.2, -0.15) is 10.1 Å². The topological polar surface area (TPSA) is 99.5 Å². The first-order valence-electron chi connectivity index (χ1n) is 6.17. The smallest absolute Gasteiger partial charge is 0.245 e. The molecule has 0 unspecified atom stereocenters. The Bertz CT molecular complexity index is 521. The quantitative estimate of drug-likeness (QED) is 0.714. The number of anilines is 1. The highest BCUT2D eigenvalue weighted by Crippen LogP contribution is 2.21. The minimum Gasteiger partial charge on any atom is -0.339 e. The minimum atomic E-state index is 0.316. The molecule has 1 aliphatic heterocycles. The molecule has 0 radical (unpaired) electrons. The average Bonchev–Trinajstić information content (AvgIpc) is 2.98. The van der Waals surface area contributed by atoms with Crippen LogP contribution in [-0.2, 0) is 0 Å². The Balaban J connectivity index is 1.80. The Morgan fingerprint density at radius 3 is 2.78 bits per heavy atom. The molecule has 0 saturated carbocycles. The molecule has 0 aliphatic carbocycles. The van der Waals surface area contributed by atoms with E-state index >= 15 is 0 Å². The number of aryl methyl sites for hydroxylation is 1. The number of nitrogens with two attached hydrogens (primary N) is 1. The number of rotatable bonds is 2. The van der Waals surface area contributed by atoms with Gasteiger partial charge < -0.3 is 10.6 Å². The van der Waals surface area contributed by atoms with Crippen molar-refractivity contribution in [3.63, 3.8) is 0 Å². The predicted molar refractivity (Wildman–Crippen MR) is 68.1 cm³/mol. The fourth-order valence-corrected chi connectivity index (χ4v) is 2.20. The number of nitrogens with zero attached hydrogens (tertiary/aromatic N) is 4. The molecule has 1 fully saturated rings. The van der Waals surface area contributed by atoms with Crippen molar-refractivity contribution in [1.82, 2.24) is 25.4 Å². The third-order valence-electron chi connectivity index (χ3n) is 3.38. The molecule has 7 heteroatoms. The molecule has 4 N–H and O–H groups in total. The molecular formula is C11H17N7. The normalized spacial score (nSPS) is 17.3. The van der Waals surface area contributed by atoms with Crippen LogP contribution in [0.25, 0.3) is 11.4 Å². The molecule has 0 aromatic carbocycles. The largest absolute Gasteiger partial charge is 0.339 e. The lowest BCUT2D eigenvalue weighted by atomic mass is 10.1. The van der Waals surface area contributed by atoms with Crippen LogP contribution in [0.15, 0.2) is 6.20 Å². The fourth-order valence-electron chi connectivity index (χ4n) is 2.20. The maximum Gasteiger partial charge on any atom is 0.245 e. The van der Waals surface area contributed by atoms with Gasteiger partial charge in [0.15, 0.2) is 5.82 Å². The van der Waals surface area contributed by atoms with Gasteiger partial charge in [0.05, 0.1) is 11.8 Å². The van der Waals surface area contributed by atoms with Crippen LogP contribution >= 0.6 is 0 Å². The van der Waals surface area contributed by atoms with Gasteiger partial charge in [-0.25, -0.2) is 0 Å². The highest BCUT2D eigenvalue weighted by Gasteiger charge is 2.20. The molecule has 2 aromatic heterocycles. The number of hydrogen-bond donors (Lipinski definition) is 3. The Kier molecular flexibility index (Phi) is 2.75. The van der Waals surface area contributed by atoms with E-state index in [1.807, 2.05) is 6.92 Å². The van der Waals surface area contributed by atoms with Crippen molar-refractivity contribution >= 4 is 5.95 Å². The third kappa shape index (κ3) is 1.97. The molecule has 7 nitrogen and oxygen atoms in total. The molecule has 1 aliphatic rings. The van der Waals surface area contributed by atoms with Crippen molar-refractivity contribution in [2.45, 2.75) is 25.8 Å². The predicted octanol–water partition coefficient (Wildman–Crippen LogP) is 0.431. The Morgan fingerprint density at radius 2 is 2.11 bits per heavy atom. The highest BCUT2D eigenvalue weighted by molar-refractivity contribution is 5.57.